The van der Waals surface area contributed by atoms with Crippen LogP contribution in [0.1, 0.15) is 66.2 Å². The van der Waals surface area contributed by atoms with Crippen molar-refractivity contribution in [1.82, 2.24) is 6.15 Å². The van der Waals surface area contributed by atoms with Crippen molar-refractivity contribution in [3.8, 4) is 0 Å². The number of halogens is 1. The van der Waals surface area contributed by atoms with E-state index in [-0.39, 0.29) is 30.6 Å². The molecule has 0 spiro atoms. The van der Waals surface area contributed by atoms with Crippen LogP contribution in [0.3, 0.4) is 0 Å². The van der Waals surface area contributed by atoms with Crippen LogP contribution in [0.4, 0.5) is 0 Å². The summed E-state index contributed by atoms with van der Waals surface area (Å²) in [5, 5.41) is 0.573. The Morgan fingerprint density at radius 1 is 1.30 bits per heavy atom. The first-order chi connectivity index (χ1) is 9.99. The fourth-order valence-electron chi connectivity index (χ4n) is 4.71. The molecule has 0 aliphatic carbocycles. The van der Waals surface area contributed by atoms with Gasteiger partial charge in [0, 0.05) is 6.08 Å². The standard InChI is InChI=1S/C18H34O2Si.ClH.H3N/c1-6-17(19)20-16(5)12-14-18(7-2)13-10-11-15-21(18,8-3)9-4;;/h6,16H,1,7-15H2,2-5H3;1H;1H3. The maximum Gasteiger partial charge on any atom is 0.330 e. The Bertz CT molecular complexity index is 361. The second kappa shape index (κ2) is 11.3. The fraction of sp³-hybridized carbons (Fsp3) is 0.833. The van der Waals surface area contributed by atoms with E-state index in [1.54, 1.807) is 0 Å². The SMILES string of the molecule is C=CC(=O)OC(C)CCC1(CC)CCCC[Si]1(CC)CC.Cl.N. The molecule has 3 nitrogen and oxygen atoms in total. The largest absolute Gasteiger partial charge is 0.460 e. The molecule has 0 aromatic carbocycles. The molecule has 138 valence electrons. The minimum atomic E-state index is -1.19. The zero-order valence-electron chi connectivity index (χ0n) is 15.7. The van der Waals surface area contributed by atoms with Gasteiger partial charge < -0.3 is 10.9 Å². The summed E-state index contributed by atoms with van der Waals surface area (Å²) in [6.07, 6.45) is 9.07. The van der Waals surface area contributed by atoms with Crippen LogP contribution in [-0.2, 0) is 9.53 Å². The van der Waals surface area contributed by atoms with Crippen molar-refractivity contribution in [3.63, 3.8) is 0 Å². The fourth-order valence-corrected chi connectivity index (χ4v) is 11.0. The number of ether oxygens (including phenoxy) is 1. The minimum Gasteiger partial charge on any atom is -0.460 e. The van der Waals surface area contributed by atoms with Gasteiger partial charge in [-0.05, 0) is 31.2 Å². The highest BCUT2D eigenvalue weighted by molar-refractivity contribution is 6.82. The third-order valence-corrected chi connectivity index (χ3v) is 13.4. The lowest BCUT2D eigenvalue weighted by atomic mass is 9.91. The number of esters is 1. The number of rotatable bonds is 8. The molecule has 0 saturated carbocycles. The molecule has 0 bridgehead atoms. The summed E-state index contributed by atoms with van der Waals surface area (Å²) in [4.78, 5) is 11.3. The van der Waals surface area contributed by atoms with E-state index in [4.69, 9.17) is 4.74 Å². The van der Waals surface area contributed by atoms with Crippen molar-refractivity contribution in [2.24, 2.45) is 0 Å². The van der Waals surface area contributed by atoms with E-state index >= 15 is 0 Å². The third-order valence-electron chi connectivity index (χ3n) is 6.23. The van der Waals surface area contributed by atoms with Crippen molar-refractivity contribution in [3.05, 3.63) is 12.7 Å². The van der Waals surface area contributed by atoms with Crippen LogP contribution in [0.15, 0.2) is 12.7 Å². The molecule has 2 unspecified atom stereocenters. The maximum absolute atomic E-state index is 11.3. The van der Waals surface area contributed by atoms with Gasteiger partial charge in [0.1, 0.15) is 0 Å². The highest BCUT2D eigenvalue weighted by Gasteiger charge is 2.50. The van der Waals surface area contributed by atoms with E-state index in [2.05, 4.69) is 27.4 Å². The third kappa shape index (κ3) is 5.61. The van der Waals surface area contributed by atoms with Gasteiger partial charge in [-0.3, -0.25) is 0 Å². The molecule has 0 amide bonds. The quantitative estimate of drug-likeness (QED) is 0.313. The van der Waals surface area contributed by atoms with Gasteiger partial charge in [0.2, 0.25) is 0 Å². The van der Waals surface area contributed by atoms with Crippen molar-refractivity contribution >= 4 is 26.5 Å². The van der Waals surface area contributed by atoms with Crippen LogP contribution in [-0.4, -0.2) is 20.1 Å². The molecule has 1 heterocycles. The lowest BCUT2D eigenvalue weighted by molar-refractivity contribution is -0.142. The lowest BCUT2D eigenvalue weighted by Crippen LogP contribution is -2.49. The normalized spacial score (nSPS) is 23.8. The van der Waals surface area contributed by atoms with Gasteiger partial charge in [0.15, 0.2) is 0 Å². The molecule has 0 aromatic heterocycles. The number of carbonyl (C=O) groups is 1. The molecule has 2 atom stereocenters. The first kappa shape index (κ1) is 24.9. The van der Waals surface area contributed by atoms with Gasteiger partial charge in [-0.1, -0.05) is 64.7 Å². The number of hydrogen-bond acceptors (Lipinski definition) is 3. The predicted molar refractivity (Wildman–Crippen MR) is 106 cm³/mol. The highest BCUT2D eigenvalue weighted by Crippen LogP contribution is 2.58. The topological polar surface area (TPSA) is 61.3 Å². The van der Waals surface area contributed by atoms with Gasteiger partial charge in [-0.15, -0.1) is 12.4 Å². The van der Waals surface area contributed by atoms with E-state index < -0.39 is 8.07 Å². The Balaban J connectivity index is 0. The van der Waals surface area contributed by atoms with Crippen molar-refractivity contribution in [1.29, 1.82) is 0 Å². The molecule has 0 radical (unpaired) electrons. The summed E-state index contributed by atoms with van der Waals surface area (Å²) in [6.45, 7) is 12.7. The van der Waals surface area contributed by atoms with Gasteiger partial charge in [0.25, 0.3) is 0 Å². The zero-order valence-corrected chi connectivity index (χ0v) is 17.5. The Morgan fingerprint density at radius 2 is 1.91 bits per heavy atom. The van der Waals surface area contributed by atoms with E-state index in [0.29, 0.717) is 5.04 Å². The Hall–Kier alpha value is -0.323. The Labute approximate surface area is 150 Å². The molecule has 1 aliphatic rings. The minimum absolute atomic E-state index is 0. The predicted octanol–water partition coefficient (Wildman–Crippen LogP) is 6.29. The van der Waals surface area contributed by atoms with Gasteiger partial charge in [-0.2, -0.15) is 0 Å². The molecule has 1 rings (SSSR count). The van der Waals surface area contributed by atoms with Gasteiger partial charge in [-0.25, -0.2) is 4.79 Å². The van der Waals surface area contributed by atoms with E-state index in [0.717, 1.165) is 6.42 Å². The second-order valence-electron chi connectivity index (χ2n) is 6.82. The Morgan fingerprint density at radius 3 is 2.39 bits per heavy atom. The molecule has 1 aliphatic heterocycles. The first-order valence-corrected chi connectivity index (χ1v) is 11.4. The number of carbonyl (C=O) groups excluding carboxylic acids is 1. The van der Waals surface area contributed by atoms with E-state index in [1.165, 1.54) is 56.3 Å². The summed E-state index contributed by atoms with van der Waals surface area (Å²) in [7, 11) is -1.19. The van der Waals surface area contributed by atoms with Crippen LogP contribution in [0, 0.1) is 0 Å². The maximum atomic E-state index is 11.3. The molecule has 1 fully saturated rings. The second-order valence-corrected chi connectivity index (χ2v) is 12.4. The summed E-state index contributed by atoms with van der Waals surface area (Å²) in [6, 6.07) is 4.34. The monoisotopic (exact) mass is 363 g/mol. The average Bonchev–Trinajstić information content (AvgIpc) is 2.52. The van der Waals surface area contributed by atoms with Crippen LogP contribution in [0.2, 0.25) is 23.2 Å². The molecular formula is C18H38ClNO2Si. The highest BCUT2D eigenvalue weighted by atomic mass is 35.5. The zero-order chi connectivity index (χ0) is 15.9. The summed E-state index contributed by atoms with van der Waals surface area (Å²) < 4.78 is 5.37. The van der Waals surface area contributed by atoms with Crippen LogP contribution in [0.25, 0.3) is 0 Å². The summed E-state index contributed by atoms with van der Waals surface area (Å²) in [5.41, 5.74) is 0. The van der Waals surface area contributed by atoms with Crippen molar-refractivity contribution < 1.29 is 9.53 Å². The summed E-state index contributed by atoms with van der Waals surface area (Å²) >= 11 is 0. The molecule has 5 heteroatoms. The lowest BCUT2D eigenvalue weighted by Gasteiger charge is -2.53. The molecule has 0 aromatic rings. The molecule has 23 heavy (non-hydrogen) atoms. The van der Waals surface area contributed by atoms with Gasteiger partial charge >= 0.3 is 5.97 Å². The average molecular weight is 364 g/mol. The molecule has 1 saturated heterocycles. The van der Waals surface area contributed by atoms with E-state index in [1.807, 2.05) is 6.92 Å². The summed E-state index contributed by atoms with van der Waals surface area (Å²) in [5.74, 6) is -0.286. The van der Waals surface area contributed by atoms with Gasteiger partial charge in [0.05, 0.1) is 14.2 Å². The molecule has 3 N–H and O–H groups in total. The van der Waals surface area contributed by atoms with Crippen molar-refractivity contribution in [2.75, 3.05) is 0 Å². The Kier molecular flexibility index (Phi) is 12.2. The number of hydrogen-bond donors (Lipinski definition) is 1. The van der Waals surface area contributed by atoms with Crippen LogP contribution >= 0.6 is 12.4 Å². The molecular weight excluding hydrogens is 326 g/mol. The van der Waals surface area contributed by atoms with Crippen molar-refractivity contribution in [2.45, 2.75) is 95.5 Å². The smallest absolute Gasteiger partial charge is 0.330 e. The van der Waals surface area contributed by atoms with E-state index in [9.17, 15) is 4.79 Å². The van der Waals surface area contributed by atoms with Crippen LogP contribution < -0.4 is 6.15 Å². The van der Waals surface area contributed by atoms with Crippen LogP contribution in [0.5, 0.6) is 0 Å². The first-order valence-electron chi connectivity index (χ1n) is 8.82.